The first-order chi connectivity index (χ1) is 8.60. The molecular weight excluding hydrogens is 232 g/mol. The number of nitrogens with two attached hydrogens (primary N) is 2. The minimum Gasteiger partial charge on any atom is -0.383 e. The summed E-state index contributed by atoms with van der Waals surface area (Å²) >= 11 is 0. The molecule has 0 aromatic carbocycles. The number of piperidine rings is 1. The SMILES string of the molecule is CNC(=O)C1CCCN(c2cc(N)nc(N)n2)C1. The molecule has 1 aromatic rings. The number of hydrogen-bond acceptors (Lipinski definition) is 6. The zero-order valence-electron chi connectivity index (χ0n) is 10.4. The predicted octanol–water partition coefficient (Wildman–Crippen LogP) is -0.397. The maximum Gasteiger partial charge on any atom is 0.224 e. The van der Waals surface area contributed by atoms with E-state index in [-0.39, 0.29) is 17.8 Å². The van der Waals surface area contributed by atoms with Crippen LogP contribution in [0.5, 0.6) is 0 Å². The van der Waals surface area contributed by atoms with E-state index >= 15 is 0 Å². The fourth-order valence-corrected chi connectivity index (χ4v) is 2.24. The second-order valence-corrected chi connectivity index (χ2v) is 4.41. The summed E-state index contributed by atoms with van der Waals surface area (Å²) in [7, 11) is 1.65. The van der Waals surface area contributed by atoms with Crippen LogP contribution in [0.2, 0.25) is 0 Å². The molecule has 98 valence electrons. The summed E-state index contributed by atoms with van der Waals surface area (Å²) in [5, 5.41) is 2.68. The van der Waals surface area contributed by atoms with Gasteiger partial charge in [0.25, 0.3) is 0 Å². The van der Waals surface area contributed by atoms with Crippen LogP contribution in [0, 0.1) is 5.92 Å². The van der Waals surface area contributed by atoms with Crippen LogP contribution < -0.4 is 21.7 Å². The second-order valence-electron chi connectivity index (χ2n) is 4.41. The van der Waals surface area contributed by atoms with Crippen molar-refractivity contribution in [3.05, 3.63) is 6.07 Å². The van der Waals surface area contributed by atoms with E-state index in [1.165, 1.54) is 0 Å². The average Bonchev–Trinajstić information content (AvgIpc) is 2.37. The lowest BCUT2D eigenvalue weighted by Gasteiger charge is -2.32. The molecule has 1 aliphatic rings. The van der Waals surface area contributed by atoms with E-state index in [1.54, 1.807) is 13.1 Å². The molecule has 2 rings (SSSR count). The van der Waals surface area contributed by atoms with E-state index in [1.807, 2.05) is 4.90 Å². The predicted molar refractivity (Wildman–Crippen MR) is 69.9 cm³/mol. The van der Waals surface area contributed by atoms with Crippen molar-refractivity contribution >= 4 is 23.5 Å². The fourth-order valence-electron chi connectivity index (χ4n) is 2.24. The largest absolute Gasteiger partial charge is 0.383 e. The van der Waals surface area contributed by atoms with Crippen LogP contribution in [-0.4, -0.2) is 36.0 Å². The van der Waals surface area contributed by atoms with Crippen molar-refractivity contribution in [3.63, 3.8) is 0 Å². The maximum atomic E-state index is 11.7. The number of nitrogen functional groups attached to an aromatic ring is 2. The van der Waals surface area contributed by atoms with Crippen LogP contribution in [0.25, 0.3) is 0 Å². The van der Waals surface area contributed by atoms with Crippen LogP contribution in [-0.2, 0) is 4.79 Å². The molecule has 1 unspecified atom stereocenters. The Labute approximate surface area is 106 Å². The Kier molecular flexibility index (Phi) is 3.50. The molecule has 18 heavy (non-hydrogen) atoms. The van der Waals surface area contributed by atoms with Gasteiger partial charge in [0.1, 0.15) is 11.6 Å². The average molecular weight is 250 g/mol. The van der Waals surface area contributed by atoms with Crippen LogP contribution in [0.15, 0.2) is 6.07 Å². The lowest BCUT2D eigenvalue weighted by Crippen LogP contribution is -2.42. The molecule has 1 fully saturated rings. The molecule has 7 heteroatoms. The van der Waals surface area contributed by atoms with E-state index in [0.29, 0.717) is 18.2 Å². The van der Waals surface area contributed by atoms with Crippen LogP contribution in [0.1, 0.15) is 12.8 Å². The molecule has 2 heterocycles. The molecule has 1 amide bonds. The third-order valence-electron chi connectivity index (χ3n) is 3.11. The highest BCUT2D eigenvalue weighted by Gasteiger charge is 2.26. The minimum atomic E-state index is -0.0128. The summed E-state index contributed by atoms with van der Waals surface area (Å²) in [6.07, 6.45) is 1.84. The van der Waals surface area contributed by atoms with Gasteiger partial charge in [-0.25, -0.2) is 0 Å². The zero-order chi connectivity index (χ0) is 13.1. The van der Waals surface area contributed by atoms with Crippen molar-refractivity contribution in [1.82, 2.24) is 15.3 Å². The molecule has 1 aromatic heterocycles. The van der Waals surface area contributed by atoms with Crippen LogP contribution in [0.4, 0.5) is 17.6 Å². The van der Waals surface area contributed by atoms with Gasteiger partial charge in [-0.05, 0) is 12.8 Å². The van der Waals surface area contributed by atoms with E-state index in [0.717, 1.165) is 19.4 Å². The zero-order valence-corrected chi connectivity index (χ0v) is 10.4. The first kappa shape index (κ1) is 12.4. The van der Waals surface area contributed by atoms with E-state index in [9.17, 15) is 4.79 Å². The Morgan fingerprint density at radius 2 is 2.28 bits per heavy atom. The van der Waals surface area contributed by atoms with Gasteiger partial charge in [-0.2, -0.15) is 9.97 Å². The minimum absolute atomic E-state index is 0.0128. The van der Waals surface area contributed by atoms with Gasteiger partial charge in [0.15, 0.2) is 0 Å². The highest BCUT2D eigenvalue weighted by molar-refractivity contribution is 5.79. The maximum absolute atomic E-state index is 11.7. The van der Waals surface area contributed by atoms with E-state index in [2.05, 4.69) is 15.3 Å². The second kappa shape index (κ2) is 5.07. The van der Waals surface area contributed by atoms with Gasteiger partial charge in [0.2, 0.25) is 11.9 Å². The van der Waals surface area contributed by atoms with E-state index < -0.39 is 0 Å². The topological polar surface area (TPSA) is 110 Å². The molecule has 5 N–H and O–H groups in total. The Morgan fingerprint density at radius 1 is 1.50 bits per heavy atom. The summed E-state index contributed by atoms with van der Waals surface area (Å²) in [6.45, 7) is 1.49. The number of anilines is 3. The molecule has 0 radical (unpaired) electrons. The van der Waals surface area contributed by atoms with Crippen molar-refractivity contribution in [2.24, 2.45) is 5.92 Å². The Bertz CT molecular complexity index is 429. The highest BCUT2D eigenvalue weighted by atomic mass is 16.1. The Balaban J connectivity index is 2.15. The summed E-state index contributed by atoms with van der Waals surface area (Å²) in [4.78, 5) is 21.7. The van der Waals surface area contributed by atoms with Gasteiger partial charge in [-0.15, -0.1) is 0 Å². The quantitative estimate of drug-likeness (QED) is 0.659. The van der Waals surface area contributed by atoms with Gasteiger partial charge in [0.05, 0.1) is 5.92 Å². The van der Waals surface area contributed by atoms with Crippen molar-refractivity contribution in [2.75, 3.05) is 36.5 Å². The molecule has 0 saturated carbocycles. The Morgan fingerprint density at radius 3 is 2.94 bits per heavy atom. The monoisotopic (exact) mass is 250 g/mol. The fraction of sp³-hybridized carbons (Fsp3) is 0.545. The lowest BCUT2D eigenvalue weighted by atomic mass is 9.97. The van der Waals surface area contributed by atoms with Crippen LogP contribution in [0.3, 0.4) is 0 Å². The number of aromatic nitrogens is 2. The van der Waals surface area contributed by atoms with Gasteiger partial charge in [-0.3, -0.25) is 4.79 Å². The summed E-state index contributed by atoms with van der Waals surface area (Å²) in [5.41, 5.74) is 11.2. The third-order valence-corrected chi connectivity index (χ3v) is 3.11. The molecule has 0 spiro atoms. The van der Waals surface area contributed by atoms with Gasteiger partial charge in [0, 0.05) is 26.2 Å². The number of carbonyl (C=O) groups is 1. The first-order valence-corrected chi connectivity index (χ1v) is 5.96. The van der Waals surface area contributed by atoms with Crippen LogP contribution >= 0.6 is 0 Å². The molecule has 0 aliphatic carbocycles. The third kappa shape index (κ3) is 2.61. The van der Waals surface area contributed by atoms with Gasteiger partial charge < -0.3 is 21.7 Å². The van der Waals surface area contributed by atoms with Gasteiger partial charge in [-0.1, -0.05) is 0 Å². The standard InChI is InChI=1S/C11H18N6O/c1-14-10(18)7-3-2-4-17(6-7)9-5-8(12)15-11(13)16-9/h5,7H,2-4,6H2,1H3,(H,14,18)(H4,12,13,15,16). The molecule has 7 nitrogen and oxygen atoms in total. The number of carbonyl (C=O) groups excluding carboxylic acids is 1. The molecular formula is C11H18N6O. The van der Waals surface area contributed by atoms with Gasteiger partial charge >= 0.3 is 0 Å². The van der Waals surface area contributed by atoms with Crippen molar-refractivity contribution < 1.29 is 4.79 Å². The summed E-state index contributed by atoms with van der Waals surface area (Å²) in [6, 6.07) is 1.68. The molecule has 1 aliphatic heterocycles. The molecule has 0 bridgehead atoms. The van der Waals surface area contributed by atoms with Crippen molar-refractivity contribution in [1.29, 1.82) is 0 Å². The van der Waals surface area contributed by atoms with Crippen molar-refractivity contribution in [3.8, 4) is 0 Å². The Hall–Kier alpha value is -2.05. The smallest absolute Gasteiger partial charge is 0.224 e. The summed E-state index contributed by atoms with van der Waals surface area (Å²) in [5.74, 6) is 1.25. The number of hydrogen-bond donors (Lipinski definition) is 3. The summed E-state index contributed by atoms with van der Waals surface area (Å²) < 4.78 is 0. The molecule has 1 atom stereocenters. The lowest BCUT2D eigenvalue weighted by molar-refractivity contribution is -0.124. The normalized spacial score (nSPS) is 19.6. The molecule has 1 saturated heterocycles. The number of nitrogens with zero attached hydrogens (tertiary/aromatic N) is 3. The number of nitrogens with one attached hydrogen (secondary N) is 1. The first-order valence-electron chi connectivity index (χ1n) is 5.96. The van der Waals surface area contributed by atoms with E-state index in [4.69, 9.17) is 11.5 Å². The number of amides is 1. The number of rotatable bonds is 2. The highest BCUT2D eigenvalue weighted by Crippen LogP contribution is 2.23. The van der Waals surface area contributed by atoms with Crippen molar-refractivity contribution in [2.45, 2.75) is 12.8 Å².